The summed E-state index contributed by atoms with van der Waals surface area (Å²) >= 11 is -4.88. The molecule has 360 valence electrons. The summed E-state index contributed by atoms with van der Waals surface area (Å²) in [4.78, 5) is 1.96. The summed E-state index contributed by atoms with van der Waals surface area (Å²) in [5, 5.41) is 0. The molecule has 0 unspecified atom stereocenters. The van der Waals surface area contributed by atoms with Crippen LogP contribution in [0.1, 0.15) is 225 Å². The molecule has 0 atom stereocenters. The van der Waals surface area contributed by atoms with Crippen LogP contribution in [0.4, 0.5) is 0 Å². The first kappa shape index (κ1) is 46.4. The van der Waals surface area contributed by atoms with E-state index in [4.69, 9.17) is 47.4 Å². The van der Waals surface area contributed by atoms with E-state index in [0.29, 0.717) is 0 Å². The third-order valence-corrected chi connectivity index (χ3v) is 63.4. The molecule has 0 spiro atoms. The second kappa shape index (κ2) is 18.4. The first-order chi connectivity index (χ1) is 31.3. The molecule has 20 heteroatoms. The Morgan fingerprint density at radius 2 is 0.406 bits per heavy atom. The average molecular weight is 1070 g/mol. The van der Waals surface area contributed by atoms with Crippen molar-refractivity contribution in [1.82, 2.24) is 0 Å². The molecule has 13 fully saturated rings. The fourth-order valence-corrected chi connectivity index (χ4v) is 79.9. The summed E-state index contributed by atoms with van der Waals surface area (Å²) in [5.74, 6) is 0. The van der Waals surface area contributed by atoms with Gasteiger partial charge in [0.25, 0.3) is 0 Å². The molecule has 0 radical (unpaired) electrons. The van der Waals surface area contributed by atoms with Crippen molar-refractivity contribution in [2.24, 2.45) is 0 Å². The maximum atomic E-state index is 8.64. The molecule has 6 aliphatic heterocycles. The molecule has 13 aliphatic rings. The molecular weight excluding hydrogens is 990 g/mol. The van der Waals surface area contributed by atoms with Crippen molar-refractivity contribution in [2.75, 3.05) is 0 Å². The third-order valence-electron chi connectivity index (χ3n) is 18.4. The van der Waals surface area contributed by atoms with Crippen molar-refractivity contribution in [1.29, 1.82) is 0 Å². The zero-order valence-electron chi connectivity index (χ0n) is 39.0. The number of hydrogen-bond acceptors (Lipinski definition) is 12. The first-order valence-corrected chi connectivity index (χ1v) is 43.7. The van der Waals surface area contributed by atoms with Gasteiger partial charge in [0.1, 0.15) is 0 Å². The summed E-state index contributed by atoms with van der Waals surface area (Å²) in [6.45, 7) is 4.68. The molecule has 0 N–H and O–H groups in total. The van der Waals surface area contributed by atoms with Gasteiger partial charge in [0.05, 0.1) is 0 Å². The van der Waals surface area contributed by atoms with Crippen molar-refractivity contribution in [3.8, 4) is 0 Å². The minimum absolute atomic E-state index is 0.0320. The molecule has 0 aromatic carbocycles. The average Bonchev–Trinajstić information content (AvgIpc) is 3.33. The third kappa shape index (κ3) is 8.09. The normalized spacial score (nSPS) is 47.7. The number of rotatable bonds is 8. The molecule has 0 amide bonds. The SMILES string of the molecule is C=[CH][Ge]12[O][Si]3(C4CCCCC4)O[Si]4(C5CCCCC5)O[Si]5(C6CCCCC6)O[Si](C6CCCCC6)(O3)O[Si](C3CCCCC3)(O[Si](C3CCCCC3)(O5)O[Si](C3CCCCC3)(O4)[O]1)[O]2. The van der Waals surface area contributed by atoms with Crippen molar-refractivity contribution < 1.29 is 47.4 Å². The summed E-state index contributed by atoms with van der Waals surface area (Å²) in [7, 11) is -27.7. The molecular formula is C44H80GeO12Si7. The van der Waals surface area contributed by atoms with Gasteiger partial charge in [-0.3, -0.25) is 0 Å². The van der Waals surface area contributed by atoms with Gasteiger partial charge in [-0.1, -0.05) is 0 Å². The Morgan fingerprint density at radius 3 is 0.578 bits per heavy atom. The van der Waals surface area contributed by atoms with Gasteiger partial charge >= 0.3 is 398 Å². The quantitative estimate of drug-likeness (QED) is 0.216. The summed E-state index contributed by atoms with van der Waals surface area (Å²) in [5.41, 5.74) is 0.309. The van der Waals surface area contributed by atoms with E-state index in [0.717, 1.165) is 180 Å². The van der Waals surface area contributed by atoms with Gasteiger partial charge in [-0.25, -0.2) is 0 Å². The topological polar surface area (TPSA) is 111 Å². The van der Waals surface area contributed by atoms with E-state index in [9.17, 15) is 0 Å². The molecule has 7 saturated carbocycles. The molecule has 13 rings (SSSR count). The van der Waals surface area contributed by atoms with Gasteiger partial charge in [-0.05, 0) is 0 Å². The van der Waals surface area contributed by atoms with E-state index >= 15 is 0 Å². The molecule has 7 aliphatic carbocycles. The van der Waals surface area contributed by atoms with Gasteiger partial charge in [0.15, 0.2) is 0 Å². The van der Waals surface area contributed by atoms with Crippen molar-refractivity contribution in [2.45, 2.75) is 264 Å². The Morgan fingerprint density at radius 1 is 0.250 bits per heavy atom. The van der Waals surface area contributed by atoms with Crippen LogP contribution >= 0.6 is 0 Å². The van der Waals surface area contributed by atoms with Crippen LogP contribution in [-0.2, 0) is 47.4 Å². The van der Waals surface area contributed by atoms with Gasteiger partial charge in [0, 0.05) is 0 Å². The van der Waals surface area contributed by atoms with Crippen LogP contribution in [0, 0.1) is 0 Å². The van der Waals surface area contributed by atoms with Crippen LogP contribution in [0.5, 0.6) is 0 Å². The van der Waals surface area contributed by atoms with Crippen molar-refractivity contribution >= 4 is 75.9 Å². The van der Waals surface area contributed by atoms with E-state index in [1.165, 1.54) is 44.9 Å². The van der Waals surface area contributed by atoms with Gasteiger partial charge in [-0.2, -0.15) is 0 Å². The summed E-state index contributed by atoms with van der Waals surface area (Å²) in [6, 6.07) is 0. The first-order valence-electron chi connectivity index (χ1n) is 27.3. The van der Waals surface area contributed by atoms with E-state index in [2.05, 4.69) is 6.58 Å². The van der Waals surface area contributed by atoms with Crippen LogP contribution in [0.3, 0.4) is 0 Å². The van der Waals surface area contributed by atoms with Crippen LogP contribution in [-0.4, -0.2) is 75.9 Å². The molecule has 6 heterocycles. The molecule has 8 bridgehead atoms. The second-order valence-electron chi connectivity index (χ2n) is 22.6. The monoisotopic (exact) mass is 1070 g/mol. The van der Waals surface area contributed by atoms with E-state index < -0.39 is 75.9 Å². The van der Waals surface area contributed by atoms with Gasteiger partial charge in [-0.15, -0.1) is 0 Å². The maximum absolute atomic E-state index is 8.64. The van der Waals surface area contributed by atoms with Crippen LogP contribution in [0.25, 0.3) is 0 Å². The van der Waals surface area contributed by atoms with Crippen molar-refractivity contribution in [3.05, 3.63) is 11.5 Å². The van der Waals surface area contributed by atoms with Crippen LogP contribution < -0.4 is 0 Å². The molecule has 12 nitrogen and oxygen atoms in total. The Balaban J connectivity index is 1.18. The van der Waals surface area contributed by atoms with Crippen LogP contribution in [0.15, 0.2) is 11.5 Å². The van der Waals surface area contributed by atoms with Crippen LogP contribution in [0.2, 0.25) is 38.8 Å². The molecule has 64 heavy (non-hydrogen) atoms. The minimum atomic E-state index is -4.88. The van der Waals surface area contributed by atoms with Gasteiger partial charge < -0.3 is 0 Å². The zero-order valence-corrected chi connectivity index (χ0v) is 48.1. The fraction of sp³-hybridized carbons (Fsp3) is 0.955. The second-order valence-corrected chi connectivity index (χ2v) is 52.0. The predicted octanol–water partition coefficient (Wildman–Crippen LogP) is 12.8. The zero-order chi connectivity index (χ0) is 43.0. The standard InChI is InChI=1S/C44H80GeO12Si7/c1-2-45-46-58(38-24-10-3-11-25-38)49-61(41-30-16-6-17-31-41)51-59(47-45,39-26-12-4-13-27-39)53-63(43-34-20-8-21-35-43)54-60(48-45,40-28-14-5-15-29-40)52-62(50-58,42-32-18-7-19-33-42)56-64(55-61,57-63)44-36-22-9-23-37-44/h2,38-44H,1,3-37H2. The Bertz CT molecular complexity index is 1480. The van der Waals surface area contributed by atoms with E-state index in [1.54, 1.807) is 0 Å². The Labute approximate surface area is 395 Å². The molecule has 0 aromatic rings. The summed E-state index contributed by atoms with van der Waals surface area (Å²) < 4.78 is 102. The van der Waals surface area contributed by atoms with Gasteiger partial charge in [0.2, 0.25) is 0 Å². The molecule has 0 aromatic heterocycles. The molecule has 6 saturated heterocycles. The summed E-state index contributed by atoms with van der Waals surface area (Å²) in [6.07, 6.45) is 37.8. The van der Waals surface area contributed by atoms with E-state index in [-0.39, 0.29) is 38.8 Å². The predicted molar refractivity (Wildman–Crippen MR) is 257 cm³/mol. The Hall–Kier alpha value is 1.32. The number of hydrogen-bond donors (Lipinski definition) is 0. The Kier molecular flexibility index (Phi) is 13.4. The van der Waals surface area contributed by atoms with E-state index in [1.807, 2.05) is 4.91 Å². The fourth-order valence-electron chi connectivity index (χ4n) is 14.9. The van der Waals surface area contributed by atoms with Crippen molar-refractivity contribution in [3.63, 3.8) is 0 Å².